The van der Waals surface area contributed by atoms with Crippen molar-refractivity contribution in [1.82, 2.24) is 20.2 Å². The minimum Gasteiger partial charge on any atom is -0.397 e. The van der Waals surface area contributed by atoms with Crippen LogP contribution in [0.4, 0.5) is 5.69 Å². The van der Waals surface area contributed by atoms with Crippen molar-refractivity contribution in [2.45, 2.75) is 0 Å². The van der Waals surface area contributed by atoms with E-state index in [4.69, 9.17) is 28.9 Å². The molecular weight excluding hydrogens is 377 g/mol. The van der Waals surface area contributed by atoms with Gasteiger partial charge in [0.1, 0.15) is 0 Å². The number of nitrogen functional groups attached to an aromatic ring is 1. The number of hydrogen-bond donors (Lipinski definition) is 1. The van der Waals surface area contributed by atoms with Gasteiger partial charge in [-0.1, -0.05) is 29.3 Å². The summed E-state index contributed by atoms with van der Waals surface area (Å²) in [7, 11) is 0. The van der Waals surface area contributed by atoms with E-state index in [-0.39, 0.29) is 0 Å². The first kappa shape index (κ1) is 14.3. The number of nitrogens with two attached hydrogens (primary N) is 1. The number of tetrazole rings is 1. The molecule has 5 nitrogen and oxygen atoms in total. The van der Waals surface area contributed by atoms with Crippen molar-refractivity contribution < 1.29 is 0 Å². The zero-order valence-corrected chi connectivity index (χ0v) is 13.6. The average molecular weight is 385 g/mol. The molecule has 0 aliphatic rings. The Morgan fingerprint density at radius 2 is 1.95 bits per heavy atom. The van der Waals surface area contributed by atoms with Crippen LogP contribution in [0.25, 0.3) is 17.1 Å². The number of nitrogens with zero attached hydrogens (tertiary/aromatic N) is 4. The second-order valence-electron chi connectivity index (χ2n) is 4.21. The van der Waals surface area contributed by atoms with Crippen LogP contribution in [-0.4, -0.2) is 20.2 Å². The Hall–Kier alpha value is -1.63. The number of rotatable bonds is 2. The molecular formula is C13H8BrCl2N5. The van der Waals surface area contributed by atoms with Crippen molar-refractivity contribution in [3.05, 3.63) is 50.9 Å². The third-order valence-corrected chi connectivity index (χ3v) is 4.10. The van der Waals surface area contributed by atoms with E-state index in [9.17, 15) is 0 Å². The van der Waals surface area contributed by atoms with Crippen LogP contribution in [0.15, 0.2) is 40.9 Å². The normalized spacial score (nSPS) is 10.8. The molecule has 0 amide bonds. The van der Waals surface area contributed by atoms with E-state index < -0.39 is 0 Å². The van der Waals surface area contributed by atoms with Gasteiger partial charge in [-0.15, -0.1) is 5.10 Å². The second kappa shape index (κ2) is 5.63. The van der Waals surface area contributed by atoms with Crippen LogP contribution in [0.2, 0.25) is 10.0 Å². The van der Waals surface area contributed by atoms with Crippen molar-refractivity contribution in [1.29, 1.82) is 0 Å². The van der Waals surface area contributed by atoms with Crippen molar-refractivity contribution in [3.63, 3.8) is 0 Å². The van der Waals surface area contributed by atoms with Gasteiger partial charge >= 0.3 is 0 Å². The molecule has 106 valence electrons. The van der Waals surface area contributed by atoms with Crippen LogP contribution in [0.1, 0.15) is 0 Å². The third-order valence-electron chi connectivity index (χ3n) is 2.90. The Kier molecular flexibility index (Phi) is 3.84. The summed E-state index contributed by atoms with van der Waals surface area (Å²) in [5, 5.41) is 12.8. The van der Waals surface area contributed by atoms with Gasteiger partial charge in [-0.05, 0) is 56.7 Å². The van der Waals surface area contributed by atoms with Gasteiger partial charge in [0.2, 0.25) is 0 Å². The SMILES string of the molecule is Nc1c(Cl)cccc1-c1nnnn1-c1ccc(Cl)cc1Br. The van der Waals surface area contributed by atoms with E-state index in [1.54, 1.807) is 28.9 Å². The molecule has 8 heteroatoms. The average Bonchev–Trinajstić information content (AvgIpc) is 2.91. The van der Waals surface area contributed by atoms with Gasteiger partial charge < -0.3 is 5.73 Å². The molecule has 2 aromatic carbocycles. The van der Waals surface area contributed by atoms with E-state index in [1.165, 1.54) is 0 Å². The summed E-state index contributed by atoms with van der Waals surface area (Å²) in [5.74, 6) is 0.498. The fraction of sp³-hybridized carbons (Fsp3) is 0. The summed E-state index contributed by atoms with van der Waals surface area (Å²) < 4.78 is 2.34. The summed E-state index contributed by atoms with van der Waals surface area (Å²) in [6.07, 6.45) is 0. The van der Waals surface area contributed by atoms with Crippen molar-refractivity contribution >= 4 is 44.8 Å². The highest BCUT2D eigenvalue weighted by molar-refractivity contribution is 9.10. The Morgan fingerprint density at radius 1 is 1.14 bits per heavy atom. The van der Waals surface area contributed by atoms with Crippen LogP contribution in [-0.2, 0) is 0 Å². The van der Waals surface area contributed by atoms with Gasteiger partial charge in [-0.2, -0.15) is 4.68 Å². The van der Waals surface area contributed by atoms with E-state index in [2.05, 4.69) is 31.5 Å². The third kappa shape index (κ3) is 2.62. The molecule has 1 aromatic heterocycles. The topological polar surface area (TPSA) is 69.6 Å². The quantitative estimate of drug-likeness (QED) is 0.678. The zero-order valence-electron chi connectivity index (χ0n) is 10.5. The maximum atomic E-state index is 6.05. The number of halogens is 3. The van der Waals surface area contributed by atoms with Crippen molar-refractivity contribution in [2.24, 2.45) is 0 Å². The molecule has 3 rings (SSSR count). The van der Waals surface area contributed by atoms with Gasteiger partial charge in [0.05, 0.1) is 16.4 Å². The molecule has 0 bridgehead atoms. The fourth-order valence-corrected chi connectivity index (χ4v) is 2.93. The van der Waals surface area contributed by atoms with Gasteiger partial charge in [0.25, 0.3) is 0 Å². The van der Waals surface area contributed by atoms with Gasteiger partial charge in [-0.25, -0.2) is 0 Å². The van der Waals surface area contributed by atoms with Crippen molar-refractivity contribution in [3.8, 4) is 17.1 Å². The molecule has 0 saturated heterocycles. The number of anilines is 1. The Labute approximate surface area is 138 Å². The monoisotopic (exact) mass is 383 g/mol. The molecule has 0 unspecified atom stereocenters. The highest BCUT2D eigenvalue weighted by Crippen LogP contribution is 2.32. The first-order chi connectivity index (χ1) is 10.1. The number of aromatic nitrogens is 4. The highest BCUT2D eigenvalue weighted by atomic mass is 79.9. The number of hydrogen-bond acceptors (Lipinski definition) is 4. The standard InChI is InChI=1S/C13H8BrCl2N5/c14-9-6-7(15)4-5-11(9)21-13(18-19-20-21)8-2-1-3-10(16)12(8)17/h1-6H,17H2. The number of benzene rings is 2. The largest absolute Gasteiger partial charge is 0.397 e. The second-order valence-corrected chi connectivity index (χ2v) is 5.91. The van der Waals surface area contributed by atoms with E-state index in [0.717, 1.165) is 10.2 Å². The summed E-state index contributed by atoms with van der Waals surface area (Å²) in [4.78, 5) is 0. The van der Waals surface area contributed by atoms with Gasteiger partial charge in [0.15, 0.2) is 5.82 Å². The Bertz CT molecular complexity index is 818. The predicted octanol–water partition coefficient (Wildman–Crippen LogP) is 3.98. The molecule has 1 heterocycles. The Morgan fingerprint density at radius 3 is 2.71 bits per heavy atom. The Balaban J connectivity index is 2.20. The first-order valence-corrected chi connectivity index (χ1v) is 7.41. The lowest BCUT2D eigenvalue weighted by Crippen LogP contribution is -2.02. The van der Waals surface area contributed by atoms with Crippen LogP contribution < -0.4 is 5.73 Å². The summed E-state index contributed by atoms with van der Waals surface area (Å²) in [6, 6.07) is 10.7. The lowest BCUT2D eigenvalue weighted by molar-refractivity contribution is 0.789. The molecule has 0 atom stereocenters. The lowest BCUT2D eigenvalue weighted by Gasteiger charge is -2.09. The molecule has 0 spiro atoms. The molecule has 0 aliphatic heterocycles. The summed E-state index contributed by atoms with van der Waals surface area (Å²) >= 11 is 15.5. The maximum absolute atomic E-state index is 6.05. The van der Waals surface area contributed by atoms with Crippen LogP contribution in [0.5, 0.6) is 0 Å². The molecule has 0 aliphatic carbocycles. The fourth-order valence-electron chi connectivity index (χ4n) is 1.90. The predicted molar refractivity (Wildman–Crippen MR) is 86.7 cm³/mol. The molecule has 0 fully saturated rings. The molecule has 2 N–H and O–H groups in total. The van der Waals surface area contributed by atoms with Gasteiger partial charge in [0, 0.05) is 15.1 Å². The lowest BCUT2D eigenvalue weighted by atomic mass is 10.1. The summed E-state index contributed by atoms with van der Waals surface area (Å²) in [5.41, 5.74) is 7.85. The molecule has 0 saturated carbocycles. The van der Waals surface area contributed by atoms with Crippen LogP contribution in [0, 0.1) is 0 Å². The molecule has 3 aromatic rings. The highest BCUT2D eigenvalue weighted by Gasteiger charge is 2.16. The minimum atomic E-state index is 0.431. The van der Waals surface area contributed by atoms with E-state index in [0.29, 0.717) is 27.1 Å². The molecule has 21 heavy (non-hydrogen) atoms. The first-order valence-electron chi connectivity index (χ1n) is 5.86. The maximum Gasteiger partial charge on any atom is 0.189 e. The summed E-state index contributed by atoms with van der Waals surface area (Å²) in [6.45, 7) is 0. The van der Waals surface area contributed by atoms with E-state index in [1.807, 2.05) is 12.1 Å². The smallest absolute Gasteiger partial charge is 0.189 e. The minimum absolute atomic E-state index is 0.431. The molecule has 0 radical (unpaired) electrons. The van der Waals surface area contributed by atoms with E-state index >= 15 is 0 Å². The van der Waals surface area contributed by atoms with Crippen LogP contribution >= 0.6 is 39.1 Å². The van der Waals surface area contributed by atoms with Gasteiger partial charge in [-0.3, -0.25) is 0 Å². The number of para-hydroxylation sites is 1. The zero-order chi connectivity index (χ0) is 15.0. The van der Waals surface area contributed by atoms with Crippen LogP contribution in [0.3, 0.4) is 0 Å². The van der Waals surface area contributed by atoms with Crippen molar-refractivity contribution in [2.75, 3.05) is 5.73 Å².